The van der Waals surface area contributed by atoms with E-state index in [-0.39, 0.29) is 12.4 Å². The summed E-state index contributed by atoms with van der Waals surface area (Å²) in [6.45, 7) is 8.44. The molecule has 0 fully saturated rings. The highest BCUT2D eigenvalue weighted by Gasteiger charge is 2.18. The van der Waals surface area contributed by atoms with E-state index in [1.165, 1.54) is 6.07 Å². The van der Waals surface area contributed by atoms with Crippen molar-refractivity contribution in [3.8, 4) is 0 Å². The lowest BCUT2D eigenvalue weighted by Gasteiger charge is -2.12. The second-order valence-electron chi connectivity index (χ2n) is 8.28. The Balaban J connectivity index is 1.50. The summed E-state index contributed by atoms with van der Waals surface area (Å²) in [4.78, 5) is 0. The van der Waals surface area contributed by atoms with Crippen LogP contribution in [-0.4, -0.2) is 24.7 Å². The number of aromatic nitrogens is 4. The lowest BCUT2D eigenvalue weighted by molar-refractivity contribution is 0.579. The predicted molar refractivity (Wildman–Crippen MR) is 144 cm³/mol. The summed E-state index contributed by atoms with van der Waals surface area (Å²) in [5, 5.41) is 17.2. The summed E-state index contributed by atoms with van der Waals surface area (Å²) in [7, 11) is 0. The molecule has 2 N–H and O–H groups in total. The maximum Gasteiger partial charge on any atom is 0.175 e. The van der Waals surface area contributed by atoms with Gasteiger partial charge in [-0.15, -0.1) is 0 Å². The zero-order valence-corrected chi connectivity index (χ0v) is 22.1. The van der Waals surface area contributed by atoms with Gasteiger partial charge in [0.05, 0.1) is 47.2 Å². The Morgan fingerprint density at radius 3 is 1.94 bits per heavy atom. The molecule has 0 spiro atoms. The maximum absolute atomic E-state index is 14.3. The van der Waals surface area contributed by atoms with E-state index in [0.29, 0.717) is 27.3 Å². The summed E-state index contributed by atoms with van der Waals surface area (Å²) in [6, 6.07) is 12.3. The highest BCUT2D eigenvalue weighted by Crippen LogP contribution is 2.26. The van der Waals surface area contributed by atoms with Crippen molar-refractivity contribution in [3.05, 3.63) is 92.2 Å². The minimum absolute atomic E-state index is 0.215. The van der Waals surface area contributed by atoms with Gasteiger partial charge < -0.3 is 10.6 Å². The molecule has 0 amide bonds. The zero-order valence-electron chi connectivity index (χ0n) is 19.8. The molecule has 0 aliphatic carbocycles. The van der Waals surface area contributed by atoms with E-state index in [4.69, 9.17) is 35.4 Å². The van der Waals surface area contributed by atoms with E-state index < -0.39 is 0 Å². The average molecular weight is 531 g/mol. The van der Waals surface area contributed by atoms with Crippen LogP contribution in [0.15, 0.2) is 42.5 Å². The van der Waals surface area contributed by atoms with Gasteiger partial charge in [0, 0.05) is 15.6 Å². The number of benzene rings is 2. The second kappa shape index (κ2) is 10.4. The number of anilines is 2. The van der Waals surface area contributed by atoms with Crippen molar-refractivity contribution in [2.75, 3.05) is 10.6 Å². The summed E-state index contributed by atoms with van der Waals surface area (Å²) in [5.74, 6) is -0.364. The lowest BCUT2D eigenvalue weighted by Crippen LogP contribution is -2.21. The van der Waals surface area contributed by atoms with Crippen molar-refractivity contribution in [3.63, 3.8) is 0 Å². The third-order valence-corrected chi connectivity index (χ3v) is 6.81. The van der Waals surface area contributed by atoms with Crippen molar-refractivity contribution in [1.82, 2.24) is 19.6 Å². The van der Waals surface area contributed by atoms with Crippen LogP contribution >= 0.6 is 35.4 Å². The number of nitrogens with zero attached hydrogens (tertiary/aromatic N) is 4. The molecule has 10 heteroatoms. The second-order valence-corrected chi connectivity index (χ2v) is 9.50. The molecular weight excluding hydrogens is 506 g/mol. The van der Waals surface area contributed by atoms with E-state index in [9.17, 15) is 4.39 Å². The third-order valence-electron chi connectivity index (χ3n) is 5.89. The van der Waals surface area contributed by atoms with Crippen LogP contribution in [0.25, 0.3) is 0 Å². The molecule has 0 aliphatic rings. The number of aryl methyl sites for hydroxylation is 2. The number of rotatable bonds is 6. The minimum atomic E-state index is -0.364. The molecule has 2 aromatic heterocycles. The minimum Gasteiger partial charge on any atom is -0.329 e. The fourth-order valence-corrected chi connectivity index (χ4v) is 4.57. The van der Waals surface area contributed by atoms with Gasteiger partial charge in [-0.05, 0) is 63.7 Å². The summed E-state index contributed by atoms with van der Waals surface area (Å²) in [6.07, 6.45) is 0. The smallest absolute Gasteiger partial charge is 0.175 e. The van der Waals surface area contributed by atoms with E-state index in [1.807, 2.05) is 56.6 Å². The van der Waals surface area contributed by atoms with Crippen LogP contribution < -0.4 is 10.6 Å². The largest absolute Gasteiger partial charge is 0.329 e. The van der Waals surface area contributed by atoms with Crippen LogP contribution in [0, 0.1) is 33.5 Å². The SMILES string of the molecule is Cc1nn(Cc2ccccc2Cl)c(C)c1NC(=S)Nc1c(C)nn(Cc2c(F)cccc2Cl)c1C. The van der Waals surface area contributed by atoms with Gasteiger partial charge in [0.1, 0.15) is 5.82 Å². The Kier molecular flexibility index (Phi) is 7.44. The number of halogens is 3. The molecule has 4 aromatic rings. The van der Waals surface area contributed by atoms with E-state index >= 15 is 0 Å². The quantitative estimate of drug-likeness (QED) is 0.273. The summed E-state index contributed by atoms with van der Waals surface area (Å²) in [5.41, 5.74) is 6.27. The molecular formula is C25H25Cl2FN6S. The van der Waals surface area contributed by atoms with Crippen molar-refractivity contribution >= 4 is 51.9 Å². The highest BCUT2D eigenvalue weighted by molar-refractivity contribution is 7.80. The third kappa shape index (κ3) is 5.34. The first kappa shape index (κ1) is 25.2. The van der Waals surface area contributed by atoms with Gasteiger partial charge >= 0.3 is 0 Å². The van der Waals surface area contributed by atoms with Crippen LogP contribution in [0.2, 0.25) is 10.0 Å². The molecule has 0 saturated carbocycles. The van der Waals surface area contributed by atoms with E-state index in [1.54, 1.807) is 16.8 Å². The first-order chi connectivity index (χ1) is 16.7. The molecule has 35 heavy (non-hydrogen) atoms. The molecule has 0 radical (unpaired) electrons. The molecule has 4 rings (SSSR count). The summed E-state index contributed by atoms with van der Waals surface area (Å²) < 4.78 is 17.9. The lowest BCUT2D eigenvalue weighted by atomic mass is 10.2. The number of hydrogen-bond acceptors (Lipinski definition) is 3. The standard InChI is InChI=1S/C25H25Cl2FN6S/c1-14-23(16(3)33(31-14)12-18-8-5-6-9-20(18)26)29-25(35)30-24-15(2)32-34(17(24)4)13-19-21(27)10-7-11-22(19)28/h5-11H,12-13H2,1-4H3,(H2,29,30,35). The maximum atomic E-state index is 14.3. The van der Waals surface area contributed by atoms with Crippen LogP contribution in [0.5, 0.6) is 0 Å². The van der Waals surface area contributed by atoms with Gasteiger partial charge in [0.25, 0.3) is 0 Å². The molecule has 2 aromatic carbocycles. The molecule has 182 valence electrons. The Bertz CT molecular complexity index is 1390. The molecule has 0 saturated heterocycles. The summed E-state index contributed by atoms with van der Waals surface area (Å²) >= 11 is 18.1. The van der Waals surface area contributed by atoms with E-state index in [0.717, 1.165) is 39.7 Å². The average Bonchev–Trinajstić information content (AvgIpc) is 3.22. The fraction of sp³-hybridized carbons (Fsp3) is 0.240. The number of thiocarbonyl (C=S) groups is 1. The van der Waals surface area contributed by atoms with Crippen LogP contribution in [-0.2, 0) is 13.1 Å². The van der Waals surface area contributed by atoms with Gasteiger partial charge in [0.15, 0.2) is 5.11 Å². The van der Waals surface area contributed by atoms with Crippen LogP contribution in [0.3, 0.4) is 0 Å². The van der Waals surface area contributed by atoms with Gasteiger partial charge in [-0.25, -0.2) is 4.39 Å². The monoisotopic (exact) mass is 530 g/mol. The van der Waals surface area contributed by atoms with Crippen molar-refractivity contribution in [2.24, 2.45) is 0 Å². The van der Waals surface area contributed by atoms with Crippen LogP contribution in [0.1, 0.15) is 33.9 Å². The Hall–Kier alpha value is -2.94. The van der Waals surface area contributed by atoms with Crippen molar-refractivity contribution < 1.29 is 4.39 Å². The Morgan fingerprint density at radius 1 is 0.829 bits per heavy atom. The molecule has 6 nitrogen and oxygen atoms in total. The normalized spacial score (nSPS) is 11.1. The van der Waals surface area contributed by atoms with E-state index in [2.05, 4.69) is 20.8 Å². The van der Waals surface area contributed by atoms with Gasteiger partial charge in [0.2, 0.25) is 0 Å². The first-order valence-electron chi connectivity index (χ1n) is 11.0. The first-order valence-corrected chi connectivity index (χ1v) is 12.1. The van der Waals surface area contributed by atoms with Gasteiger partial charge in [-0.2, -0.15) is 10.2 Å². The van der Waals surface area contributed by atoms with Crippen molar-refractivity contribution in [1.29, 1.82) is 0 Å². The predicted octanol–water partition coefficient (Wildman–Crippen LogP) is 6.66. The Morgan fingerprint density at radius 2 is 1.37 bits per heavy atom. The molecule has 0 atom stereocenters. The zero-order chi connectivity index (χ0) is 25.3. The van der Waals surface area contributed by atoms with Gasteiger partial charge in [-0.3, -0.25) is 9.36 Å². The number of nitrogens with one attached hydrogen (secondary N) is 2. The van der Waals surface area contributed by atoms with Crippen molar-refractivity contribution in [2.45, 2.75) is 40.8 Å². The molecule has 0 bridgehead atoms. The highest BCUT2D eigenvalue weighted by atomic mass is 35.5. The molecule has 0 aliphatic heterocycles. The topological polar surface area (TPSA) is 59.7 Å². The van der Waals surface area contributed by atoms with Gasteiger partial charge in [-0.1, -0.05) is 47.5 Å². The Labute approximate surface area is 219 Å². The van der Waals surface area contributed by atoms with Crippen LogP contribution in [0.4, 0.5) is 15.8 Å². The molecule has 0 unspecified atom stereocenters. The number of hydrogen-bond donors (Lipinski definition) is 2. The molecule has 2 heterocycles. The fourth-order valence-electron chi connectivity index (χ4n) is 3.94.